The van der Waals surface area contributed by atoms with E-state index in [-0.39, 0.29) is 11.2 Å². The van der Waals surface area contributed by atoms with Crippen molar-refractivity contribution in [1.82, 2.24) is 5.32 Å². The molecule has 0 atom stereocenters. The van der Waals surface area contributed by atoms with E-state index in [0.29, 0.717) is 5.76 Å². The highest BCUT2D eigenvalue weighted by molar-refractivity contribution is 9.10. The van der Waals surface area contributed by atoms with Crippen LogP contribution >= 0.6 is 15.9 Å². The summed E-state index contributed by atoms with van der Waals surface area (Å²) < 4.78 is 5.87. The molecule has 1 N–H and O–H groups in total. The summed E-state index contributed by atoms with van der Waals surface area (Å²) >= 11 is 3.28. The predicted molar refractivity (Wildman–Crippen MR) is 51.7 cm³/mol. The van der Waals surface area contributed by atoms with Gasteiger partial charge in [0.2, 0.25) is 5.78 Å². The lowest BCUT2D eigenvalue weighted by Gasteiger charge is -2.36. The molecule has 0 aliphatic carbocycles. The Morgan fingerprint density at radius 2 is 2.38 bits per heavy atom. The first kappa shape index (κ1) is 8.97. The van der Waals surface area contributed by atoms with Gasteiger partial charge in [-0.25, -0.2) is 0 Å². The molecule has 0 bridgehead atoms. The first-order valence-corrected chi connectivity index (χ1v) is 4.91. The Kier molecular flexibility index (Phi) is 2.04. The summed E-state index contributed by atoms with van der Waals surface area (Å²) in [6, 6.07) is 1.74. The fourth-order valence-electron chi connectivity index (χ4n) is 1.39. The molecular weight excluding hydrogens is 234 g/mol. The molecule has 13 heavy (non-hydrogen) atoms. The summed E-state index contributed by atoms with van der Waals surface area (Å²) in [5.74, 6) is 0.507. The highest BCUT2D eigenvalue weighted by atomic mass is 79.9. The Hall–Kier alpha value is -0.610. The average molecular weight is 244 g/mol. The zero-order valence-corrected chi connectivity index (χ0v) is 8.85. The topological polar surface area (TPSA) is 42.2 Å². The van der Waals surface area contributed by atoms with Gasteiger partial charge in [0.05, 0.1) is 16.2 Å². The second kappa shape index (κ2) is 2.96. The zero-order valence-electron chi connectivity index (χ0n) is 7.26. The van der Waals surface area contributed by atoms with E-state index in [4.69, 9.17) is 4.42 Å². The molecule has 2 heterocycles. The summed E-state index contributed by atoms with van der Waals surface area (Å²) in [4.78, 5) is 11.9. The first-order valence-electron chi connectivity index (χ1n) is 4.12. The van der Waals surface area contributed by atoms with Crippen molar-refractivity contribution in [3.8, 4) is 0 Å². The van der Waals surface area contributed by atoms with E-state index in [0.717, 1.165) is 17.6 Å². The standard InChI is InChI=1S/C9H10BrNO2/c1-9(4-11-5-9)8(12)7-6(10)2-3-13-7/h2-3,11H,4-5H2,1H3. The number of ketones is 1. The van der Waals surface area contributed by atoms with Crippen LogP contribution in [0.2, 0.25) is 0 Å². The van der Waals surface area contributed by atoms with Crippen LogP contribution in [0.4, 0.5) is 0 Å². The molecule has 0 unspecified atom stereocenters. The van der Waals surface area contributed by atoms with Gasteiger partial charge in [-0.3, -0.25) is 4.79 Å². The van der Waals surface area contributed by atoms with Crippen LogP contribution in [0.3, 0.4) is 0 Å². The largest absolute Gasteiger partial charge is 0.460 e. The minimum absolute atomic E-state index is 0.0723. The van der Waals surface area contributed by atoms with Gasteiger partial charge < -0.3 is 9.73 Å². The van der Waals surface area contributed by atoms with Gasteiger partial charge in [-0.05, 0) is 28.9 Å². The molecule has 3 nitrogen and oxygen atoms in total. The van der Waals surface area contributed by atoms with Crippen LogP contribution in [-0.2, 0) is 0 Å². The third-order valence-corrected chi connectivity index (χ3v) is 3.03. The summed E-state index contributed by atoms with van der Waals surface area (Å²) in [6.45, 7) is 3.42. The monoisotopic (exact) mass is 243 g/mol. The molecule has 1 aliphatic rings. The van der Waals surface area contributed by atoms with E-state index >= 15 is 0 Å². The van der Waals surface area contributed by atoms with Gasteiger partial charge >= 0.3 is 0 Å². The Labute approximate surface area is 84.6 Å². The highest BCUT2D eigenvalue weighted by Crippen LogP contribution is 2.30. The van der Waals surface area contributed by atoms with Gasteiger partial charge in [0.15, 0.2) is 5.76 Å². The minimum Gasteiger partial charge on any atom is -0.460 e. The summed E-state index contributed by atoms with van der Waals surface area (Å²) in [7, 11) is 0. The van der Waals surface area contributed by atoms with Crippen molar-refractivity contribution in [3.63, 3.8) is 0 Å². The Morgan fingerprint density at radius 1 is 1.69 bits per heavy atom. The van der Waals surface area contributed by atoms with Crippen molar-refractivity contribution < 1.29 is 9.21 Å². The van der Waals surface area contributed by atoms with Crippen LogP contribution in [0.15, 0.2) is 21.2 Å². The molecule has 0 spiro atoms. The fourth-order valence-corrected chi connectivity index (χ4v) is 1.77. The van der Waals surface area contributed by atoms with Crippen molar-refractivity contribution in [2.75, 3.05) is 13.1 Å². The molecule has 1 aromatic rings. The van der Waals surface area contributed by atoms with Crippen molar-refractivity contribution in [2.24, 2.45) is 5.41 Å². The molecule has 70 valence electrons. The smallest absolute Gasteiger partial charge is 0.207 e. The lowest BCUT2D eigenvalue weighted by Crippen LogP contribution is -2.56. The van der Waals surface area contributed by atoms with Gasteiger partial charge in [-0.15, -0.1) is 0 Å². The third-order valence-electron chi connectivity index (χ3n) is 2.40. The normalized spacial score (nSPS) is 19.5. The maximum Gasteiger partial charge on any atom is 0.207 e. The van der Waals surface area contributed by atoms with E-state index in [2.05, 4.69) is 21.2 Å². The Bertz CT molecular complexity index is 341. The van der Waals surface area contributed by atoms with Gasteiger partial charge in [0.1, 0.15) is 0 Å². The van der Waals surface area contributed by atoms with E-state index in [1.165, 1.54) is 6.26 Å². The highest BCUT2D eigenvalue weighted by Gasteiger charge is 2.41. The number of carbonyl (C=O) groups excluding carboxylic acids is 1. The minimum atomic E-state index is -0.277. The molecule has 1 aromatic heterocycles. The quantitative estimate of drug-likeness (QED) is 0.807. The van der Waals surface area contributed by atoms with Gasteiger partial charge in [0.25, 0.3) is 0 Å². The van der Waals surface area contributed by atoms with E-state index in [1.807, 2.05) is 6.92 Å². The van der Waals surface area contributed by atoms with E-state index in [9.17, 15) is 4.79 Å². The SMILES string of the molecule is CC1(C(=O)c2occc2Br)CNC1. The number of rotatable bonds is 2. The number of hydrogen-bond donors (Lipinski definition) is 1. The molecule has 4 heteroatoms. The van der Waals surface area contributed by atoms with Crippen LogP contribution in [0.1, 0.15) is 17.5 Å². The number of halogens is 1. The lowest BCUT2D eigenvalue weighted by molar-refractivity contribution is 0.0689. The van der Waals surface area contributed by atoms with Gasteiger partial charge in [-0.2, -0.15) is 0 Å². The van der Waals surface area contributed by atoms with Crippen LogP contribution < -0.4 is 5.32 Å². The predicted octanol–water partition coefficient (Wildman–Crippen LogP) is 1.83. The summed E-state index contributed by atoms with van der Waals surface area (Å²) in [6.07, 6.45) is 1.52. The molecular formula is C9H10BrNO2. The molecule has 0 saturated carbocycles. The first-order chi connectivity index (χ1) is 6.13. The number of nitrogens with one attached hydrogen (secondary N) is 1. The van der Waals surface area contributed by atoms with Gasteiger partial charge in [0, 0.05) is 13.1 Å². The summed E-state index contributed by atoms with van der Waals surface area (Å²) in [5, 5.41) is 3.09. The molecule has 1 fully saturated rings. The fraction of sp³-hybridized carbons (Fsp3) is 0.444. The summed E-state index contributed by atoms with van der Waals surface area (Å²) in [5.41, 5.74) is -0.277. The van der Waals surface area contributed by atoms with Crippen LogP contribution in [-0.4, -0.2) is 18.9 Å². The lowest BCUT2D eigenvalue weighted by atomic mass is 9.79. The maximum atomic E-state index is 11.9. The Morgan fingerprint density at radius 3 is 2.77 bits per heavy atom. The average Bonchev–Trinajstić information content (AvgIpc) is 2.46. The molecule has 1 aliphatic heterocycles. The van der Waals surface area contributed by atoms with E-state index in [1.54, 1.807) is 6.07 Å². The second-order valence-electron chi connectivity index (χ2n) is 3.59. The van der Waals surface area contributed by atoms with Crippen LogP contribution in [0.25, 0.3) is 0 Å². The number of carbonyl (C=O) groups is 1. The Balaban J connectivity index is 2.27. The van der Waals surface area contributed by atoms with Crippen LogP contribution in [0.5, 0.6) is 0 Å². The third kappa shape index (κ3) is 1.34. The number of furan rings is 1. The van der Waals surface area contributed by atoms with Crippen molar-refractivity contribution >= 4 is 21.7 Å². The van der Waals surface area contributed by atoms with Crippen molar-refractivity contribution in [2.45, 2.75) is 6.92 Å². The molecule has 1 saturated heterocycles. The van der Waals surface area contributed by atoms with Crippen molar-refractivity contribution in [3.05, 3.63) is 22.6 Å². The molecule has 0 radical (unpaired) electrons. The molecule has 0 aromatic carbocycles. The van der Waals surface area contributed by atoms with E-state index < -0.39 is 0 Å². The molecule has 2 rings (SSSR count). The maximum absolute atomic E-state index is 11.9. The molecule has 0 amide bonds. The van der Waals surface area contributed by atoms with Crippen molar-refractivity contribution in [1.29, 1.82) is 0 Å². The number of hydrogen-bond acceptors (Lipinski definition) is 3. The van der Waals surface area contributed by atoms with Gasteiger partial charge in [-0.1, -0.05) is 0 Å². The second-order valence-corrected chi connectivity index (χ2v) is 4.45. The van der Waals surface area contributed by atoms with Crippen LogP contribution in [0, 0.1) is 5.41 Å². The zero-order chi connectivity index (χ0) is 9.47. The number of Topliss-reactive ketones (excluding diaryl/α,β-unsaturated/α-hetero) is 1.